The summed E-state index contributed by atoms with van der Waals surface area (Å²) >= 11 is 0. The highest BCUT2D eigenvalue weighted by atomic mass is 16.5. The highest BCUT2D eigenvalue weighted by Crippen LogP contribution is 2.05. The Morgan fingerprint density at radius 2 is 1.16 bits per heavy atom. The molecule has 0 aliphatic carbocycles. The molecule has 0 rings (SSSR count). The smallest absolute Gasteiger partial charge is 0.305 e. The van der Waals surface area contributed by atoms with Crippen molar-refractivity contribution in [3.63, 3.8) is 0 Å². The molecule has 0 heterocycles. The van der Waals surface area contributed by atoms with Crippen molar-refractivity contribution in [1.82, 2.24) is 0 Å². The van der Waals surface area contributed by atoms with E-state index in [0.717, 1.165) is 44.9 Å². The molecular weight excluding hydrogens is 308 g/mol. The molecule has 0 aromatic carbocycles. The molecule has 142 valence electrons. The number of rotatable bonds is 16. The van der Waals surface area contributed by atoms with Gasteiger partial charge in [0, 0.05) is 6.42 Å². The Hall–Kier alpha value is -1.57. The lowest BCUT2D eigenvalue weighted by Crippen LogP contribution is -1.98. The molecule has 2 heteroatoms. The van der Waals surface area contributed by atoms with Crippen LogP contribution in [0.1, 0.15) is 84.0 Å². The number of ether oxygens (including phenoxy) is 1. The zero-order valence-electron chi connectivity index (χ0n) is 16.4. The van der Waals surface area contributed by atoms with Gasteiger partial charge in [0.05, 0.1) is 7.11 Å². The van der Waals surface area contributed by atoms with Crippen molar-refractivity contribution in [3.05, 3.63) is 48.6 Å². The summed E-state index contributed by atoms with van der Waals surface area (Å²) in [6.07, 6.45) is 31.0. The van der Waals surface area contributed by atoms with Crippen molar-refractivity contribution >= 4 is 5.97 Å². The Balaban J connectivity index is 3.39. The fourth-order valence-corrected chi connectivity index (χ4v) is 2.37. The molecule has 0 bridgehead atoms. The van der Waals surface area contributed by atoms with Crippen LogP contribution in [0.5, 0.6) is 0 Å². The molecule has 0 aromatic heterocycles. The van der Waals surface area contributed by atoms with Crippen LogP contribution >= 0.6 is 0 Å². The Labute approximate surface area is 155 Å². The van der Waals surface area contributed by atoms with Gasteiger partial charge in [-0.15, -0.1) is 0 Å². The predicted octanol–water partition coefficient (Wildman–Crippen LogP) is 7.09. The number of hydrogen-bond donors (Lipinski definition) is 0. The normalized spacial score (nSPS) is 12.2. The van der Waals surface area contributed by atoms with Gasteiger partial charge < -0.3 is 4.74 Å². The van der Waals surface area contributed by atoms with Crippen LogP contribution in [0.15, 0.2) is 48.6 Å². The number of carbonyl (C=O) groups excluding carboxylic acids is 1. The third-order valence-electron chi connectivity index (χ3n) is 3.94. The third kappa shape index (κ3) is 20.4. The van der Waals surface area contributed by atoms with Crippen LogP contribution in [-0.2, 0) is 9.53 Å². The van der Waals surface area contributed by atoms with Gasteiger partial charge in [-0.3, -0.25) is 4.79 Å². The minimum atomic E-state index is -0.0993. The van der Waals surface area contributed by atoms with Crippen molar-refractivity contribution in [3.8, 4) is 0 Å². The van der Waals surface area contributed by atoms with Crippen LogP contribution in [0.25, 0.3) is 0 Å². The molecular formula is C23H38O2. The molecule has 0 aromatic rings. The molecule has 0 saturated carbocycles. The largest absolute Gasteiger partial charge is 0.469 e. The predicted molar refractivity (Wildman–Crippen MR) is 110 cm³/mol. The van der Waals surface area contributed by atoms with Crippen molar-refractivity contribution in [1.29, 1.82) is 0 Å². The number of carbonyl (C=O) groups is 1. The molecule has 25 heavy (non-hydrogen) atoms. The maximum atomic E-state index is 10.9. The average Bonchev–Trinajstić information content (AvgIpc) is 2.63. The van der Waals surface area contributed by atoms with E-state index < -0.39 is 0 Å². The lowest BCUT2D eigenvalue weighted by molar-refractivity contribution is -0.140. The van der Waals surface area contributed by atoms with E-state index in [1.165, 1.54) is 32.8 Å². The van der Waals surface area contributed by atoms with Crippen LogP contribution in [0.3, 0.4) is 0 Å². The summed E-state index contributed by atoms with van der Waals surface area (Å²) in [6, 6.07) is 0. The maximum absolute atomic E-state index is 10.9. The molecule has 0 radical (unpaired) electrons. The fraction of sp³-hybridized carbons (Fsp3) is 0.609. The summed E-state index contributed by atoms with van der Waals surface area (Å²) < 4.78 is 4.62. The SMILES string of the molecule is CCCCCC=CCC=CCC=CC/C=C\CCCCCC(=O)OC. The van der Waals surface area contributed by atoms with E-state index >= 15 is 0 Å². The Morgan fingerprint density at radius 1 is 0.680 bits per heavy atom. The first-order valence-electron chi connectivity index (χ1n) is 9.98. The highest BCUT2D eigenvalue weighted by Gasteiger charge is 1.97. The molecule has 2 nitrogen and oxygen atoms in total. The van der Waals surface area contributed by atoms with Crippen LogP contribution in [-0.4, -0.2) is 13.1 Å². The van der Waals surface area contributed by atoms with Gasteiger partial charge in [-0.1, -0.05) is 74.8 Å². The molecule has 0 N–H and O–H groups in total. The summed E-state index contributed by atoms with van der Waals surface area (Å²) in [4.78, 5) is 10.9. The third-order valence-corrected chi connectivity index (χ3v) is 3.94. The minimum Gasteiger partial charge on any atom is -0.469 e. The highest BCUT2D eigenvalue weighted by molar-refractivity contribution is 5.68. The standard InChI is InChI=1S/C23H38O2/c1-3-4-5-6-7-8-9-10-11-12-13-14-15-16-17-18-19-20-21-22-23(24)25-2/h7-8,10-11,13-14,16-17H,3-6,9,12,15,18-22H2,1-2H3/b8-7?,11-10?,14-13?,17-16-. The molecule has 0 fully saturated rings. The molecule has 0 atom stereocenters. The van der Waals surface area contributed by atoms with Crippen LogP contribution < -0.4 is 0 Å². The molecule has 0 saturated heterocycles. The van der Waals surface area contributed by atoms with Crippen LogP contribution in [0, 0.1) is 0 Å². The first kappa shape index (κ1) is 23.4. The fourth-order valence-electron chi connectivity index (χ4n) is 2.37. The zero-order valence-corrected chi connectivity index (χ0v) is 16.4. The number of methoxy groups -OCH3 is 1. The van der Waals surface area contributed by atoms with Gasteiger partial charge in [-0.2, -0.15) is 0 Å². The van der Waals surface area contributed by atoms with E-state index in [0.29, 0.717) is 6.42 Å². The van der Waals surface area contributed by atoms with E-state index in [9.17, 15) is 4.79 Å². The van der Waals surface area contributed by atoms with Gasteiger partial charge in [0.1, 0.15) is 0 Å². The number of hydrogen-bond acceptors (Lipinski definition) is 2. The number of allylic oxidation sites excluding steroid dienone is 8. The van der Waals surface area contributed by atoms with Gasteiger partial charge in [-0.25, -0.2) is 0 Å². The minimum absolute atomic E-state index is 0.0993. The second-order valence-electron chi connectivity index (χ2n) is 6.26. The van der Waals surface area contributed by atoms with Crippen molar-refractivity contribution in [2.45, 2.75) is 84.0 Å². The molecule has 0 aliphatic rings. The molecule has 0 aliphatic heterocycles. The van der Waals surface area contributed by atoms with E-state index in [1.807, 2.05) is 0 Å². The molecule has 0 unspecified atom stereocenters. The van der Waals surface area contributed by atoms with Crippen LogP contribution in [0.4, 0.5) is 0 Å². The van der Waals surface area contributed by atoms with Crippen molar-refractivity contribution < 1.29 is 9.53 Å². The maximum Gasteiger partial charge on any atom is 0.305 e. The summed E-state index contributed by atoms with van der Waals surface area (Å²) in [5, 5.41) is 0. The van der Waals surface area contributed by atoms with Gasteiger partial charge in [0.25, 0.3) is 0 Å². The summed E-state index contributed by atoms with van der Waals surface area (Å²) in [6.45, 7) is 2.24. The Kier molecular flexibility index (Phi) is 19.2. The quantitative estimate of drug-likeness (QED) is 0.169. The first-order valence-corrected chi connectivity index (χ1v) is 9.98. The monoisotopic (exact) mass is 346 g/mol. The van der Waals surface area contributed by atoms with Gasteiger partial charge in [0.15, 0.2) is 0 Å². The first-order chi connectivity index (χ1) is 12.3. The lowest BCUT2D eigenvalue weighted by Gasteiger charge is -1.98. The second kappa shape index (κ2) is 20.5. The molecule has 0 spiro atoms. The van der Waals surface area contributed by atoms with E-state index in [2.05, 4.69) is 60.3 Å². The summed E-state index contributed by atoms with van der Waals surface area (Å²) in [5.41, 5.74) is 0. The summed E-state index contributed by atoms with van der Waals surface area (Å²) in [7, 11) is 1.45. The lowest BCUT2D eigenvalue weighted by atomic mass is 10.1. The van der Waals surface area contributed by atoms with E-state index in [-0.39, 0.29) is 5.97 Å². The topological polar surface area (TPSA) is 26.3 Å². The van der Waals surface area contributed by atoms with E-state index in [4.69, 9.17) is 0 Å². The van der Waals surface area contributed by atoms with Crippen molar-refractivity contribution in [2.24, 2.45) is 0 Å². The Morgan fingerprint density at radius 3 is 1.64 bits per heavy atom. The van der Waals surface area contributed by atoms with Crippen molar-refractivity contribution in [2.75, 3.05) is 7.11 Å². The van der Waals surface area contributed by atoms with Gasteiger partial charge in [-0.05, 0) is 51.4 Å². The summed E-state index contributed by atoms with van der Waals surface area (Å²) in [5.74, 6) is -0.0993. The Bertz CT molecular complexity index is 402. The zero-order chi connectivity index (χ0) is 18.4. The van der Waals surface area contributed by atoms with Crippen LogP contribution in [0.2, 0.25) is 0 Å². The average molecular weight is 347 g/mol. The van der Waals surface area contributed by atoms with Gasteiger partial charge >= 0.3 is 5.97 Å². The number of unbranched alkanes of at least 4 members (excludes halogenated alkanes) is 6. The molecule has 0 amide bonds. The second-order valence-corrected chi connectivity index (χ2v) is 6.26. The number of esters is 1. The van der Waals surface area contributed by atoms with E-state index in [1.54, 1.807) is 0 Å². The van der Waals surface area contributed by atoms with Gasteiger partial charge in [0.2, 0.25) is 0 Å².